The molecule has 0 aliphatic heterocycles. The minimum Gasteiger partial charge on any atom is -0.326 e. The predicted molar refractivity (Wildman–Crippen MR) is 89.0 cm³/mol. The lowest BCUT2D eigenvalue weighted by molar-refractivity contribution is 0.423. The molecule has 2 unspecified atom stereocenters. The van der Waals surface area contributed by atoms with Gasteiger partial charge in [-0.25, -0.2) is 13.1 Å². The van der Waals surface area contributed by atoms with Crippen molar-refractivity contribution in [2.45, 2.75) is 55.3 Å². The molecule has 1 aromatic rings. The Bertz CT molecular complexity index is 587. The molecule has 21 heavy (non-hydrogen) atoms. The number of thioether (sulfide) groups is 1. The fraction of sp³-hybridized carbons (Fsp3) is 0.600. The van der Waals surface area contributed by atoms with Crippen molar-refractivity contribution < 1.29 is 8.42 Å². The molecule has 1 aromatic carbocycles. The van der Waals surface area contributed by atoms with Crippen LogP contribution in [0.5, 0.6) is 0 Å². The molecule has 1 aliphatic rings. The summed E-state index contributed by atoms with van der Waals surface area (Å²) in [7, 11) is -3.47. The van der Waals surface area contributed by atoms with Gasteiger partial charge in [0, 0.05) is 17.8 Å². The quantitative estimate of drug-likeness (QED) is 0.870. The summed E-state index contributed by atoms with van der Waals surface area (Å²) in [6.07, 6.45) is 6.32. The Kier molecular flexibility index (Phi) is 5.71. The lowest BCUT2D eigenvalue weighted by atomic mass is 9.96. The van der Waals surface area contributed by atoms with E-state index in [0.717, 1.165) is 30.4 Å². The highest BCUT2D eigenvalue weighted by Crippen LogP contribution is 2.28. The van der Waals surface area contributed by atoms with Gasteiger partial charge >= 0.3 is 0 Å². The van der Waals surface area contributed by atoms with E-state index in [9.17, 15) is 8.42 Å². The summed E-state index contributed by atoms with van der Waals surface area (Å²) in [5, 5.41) is 0.368. The Labute approximate surface area is 131 Å². The van der Waals surface area contributed by atoms with E-state index in [2.05, 4.69) is 11.0 Å². The van der Waals surface area contributed by atoms with Crippen molar-refractivity contribution in [1.82, 2.24) is 4.72 Å². The normalized spacial score (nSPS) is 23.2. The molecule has 1 fully saturated rings. The molecular formula is C15H24N2O2S2. The summed E-state index contributed by atoms with van der Waals surface area (Å²) in [5.41, 5.74) is 7.57. The third kappa shape index (κ3) is 4.00. The first-order chi connectivity index (χ1) is 9.97. The summed E-state index contributed by atoms with van der Waals surface area (Å²) >= 11 is 1.75. The van der Waals surface area contributed by atoms with Crippen LogP contribution >= 0.6 is 11.8 Å². The molecule has 2 rings (SSSR count). The first-order valence-electron chi connectivity index (χ1n) is 7.32. The molecule has 1 aliphatic carbocycles. The molecule has 4 nitrogen and oxygen atoms in total. The molecule has 0 amide bonds. The minimum absolute atomic E-state index is 0.0291. The second-order valence-electron chi connectivity index (χ2n) is 5.58. The lowest BCUT2D eigenvalue weighted by Gasteiger charge is -2.30. The van der Waals surface area contributed by atoms with Crippen molar-refractivity contribution in [1.29, 1.82) is 0 Å². The molecule has 0 saturated heterocycles. The lowest BCUT2D eigenvalue weighted by Crippen LogP contribution is -2.43. The van der Waals surface area contributed by atoms with E-state index in [1.54, 1.807) is 23.9 Å². The zero-order valence-electron chi connectivity index (χ0n) is 12.6. The number of nitrogens with two attached hydrogens (primary N) is 1. The van der Waals surface area contributed by atoms with Gasteiger partial charge in [0.15, 0.2) is 0 Å². The molecule has 1 saturated carbocycles. The number of benzene rings is 1. The molecule has 0 heterocycles. The van der Waals surface area contributed by atoms with Gasteiger partial charge in [-0.15, -0.1) is 0 Å². The van der Waals surface area contributed by atoms with Gasteiger partial charge in [-0.3, -0.25) is 0 Å². The maximum Gasteiger partial charge on any atom is 0.240 e. The van der Waals surface area contributed by atoms with Crippen molar-refractivity contribution >= 4 is 21.8 Å². The van der Waals surface area contributed by atoms with Gasteiger partial charge in [0.05, 0.1) is 4.90 Å². The number of hydrogen-bond acceptors (Lipinski definition) is 4. The second-order valence-corrected chi connectivity index (χ2v) is 8.37. The van der Waals surface area contributed by atoms with E-state index in [-0.39, 0.29) is 6.04 Å². The maximum absolute atomic E-state index is 12.6. The first kappa shape index (κ1) is 16.8. The molecule has 118 valence electrons. The van der Waals surface area contributed by atoms with Gasteiger partial charge in [0.25, 0.3) is 0 Å². The zero-order valence-corrected chi connectivity index (χ0v) is 14.3. The number of nitrogens with one attached hydrogen (secondary N) is 1. The van der Waals surface area contributed by atoms with Crippen molar-refractivity contribution in [3.8, 4) is 0 Å². The highest BCUT2D eigenvalue weighted by molar-refractivity contribution is 7.99. The fourth-order valence-corrected chi connectivity index (χ4v) is 5.20. The Morgan fingerprint density at radius 3 is 2.71 bits per heavy atom. The van der Waals surface area contributed by atoms with Gasteiger partial charge < -0.3 is 5.73 Å². The monoisotopic (exact) mass is 328 g/mol. The number of sulfonamides is 1. The van der Waals surface area contributed by atoms with Crippen molar-refractivity contribution in [3.63, 3.8) is 0 Å². The van der Waals surface area contributed by atoms with Gasteiger partial charge in [0.2, 0.25) is 10.0 Å². The van der Waals surface area contributed by atoms with Gasteiger partial charge in [0.1, 0.15) is 0 Å². The molecule has 0 spiro atoms. The number of rotatable bonds is 5. The van der Waals surface area contributed by atoms with Crippen molar-refractivity contribution in [3.05, 3.63) is 29.3 Å². The molecule has 3 N–H and O–H groups in total. The Balaban J connectivity index is 2.21. The number of aryl methyl sites for hydroxylation is 1. The van der Waals surface area contributed by atoms with Crippen LogP contribution in [-0.4, -0.2) is 26.0 Å². The van der Waals surface area contributed by atoms with Crippen LogP contribution in [0.25, 0.3) is 0 Å². The van der Waals surface area contributed by atoms with Crippen LogP contribution in [-0.2, 0) is 16.6 Å². The molecular weight excluding hydrogens is 304 g/mol. The second kappa shape index (κ2) is 7.13. The summed E-state index contributed by atoms with van der Waals surface area (Å²) in [5.74, 6) is 0. The largest absolute Gasteiger partial charge is 0.326 e. The molecule has 6 heteroatoms. The first-order valence-corrected chi connectivity index (χ1v) is 10.1. The van der Waals surface area contributed by atoms with Crippen LogP contribution in [0.15, 0.2) is 23.1 Å². The van der Waals surface area contributed by atoms with Crippen molar-refractivity contribution in [2.24, 2.45) is 5.73 Å². The summed E-state index contributed by atoms with van der Waals surface area (Å²) in [4.78, 5) is 0.318. The van der Waals surface area contributed by atoms with Crippen LogP contribution in [0.1, 0.15) is 36.8 Å². The fourth-order valence-electron chi connectivity index (χ4n) is 2.82. The molecule has 2 atom stereocenters. The van der Waals surface area contributed by atoms with E-state index in [1.807, 2.05) is 13.0 Å². The highest BCUT2D eigenvalue weighted by Gasteiger charge is 2.29. The van der Waals surface area contributed by atoms with Gasteiger partial charge in [-0.1, -0.05) is 18.9 Å². The van der Waals surface area contributed by atoms with Crippen LogP contribution in [0, 0.1) is 6.92 Å². The zero-order chi connectivity index (χ0) is 15.5. The third-order valence-corrected chi connectivity index (χ3v) is 6.82. The number of hydrogen-bond donors (Lipinski definition) is 2. The minimum atomic E-state index is -3.47. The van der Waals surface area contributed by atoms with Gasteiger partial charge in [-0.2, -0.15) is 11.8 Å². The topological polar surface area (TPSA) is 72.2 Å². The van der Waals surface area contributed by atoms with E-state index < -0.39 is 10.0 Å². The van der Waals surface area contributed by atoms with E-state index in [1.165, 1.54) is 6.42 Å². The SMILES string of the molecule is CSC1CCCCC1NS(=O)(=O)c1ccc(C)c(CN)c1. The molecule has 0 aromatic heterocycles. The average molecular weight is 329 g/mol. The van der Waals surface area contributed by atoms with Gasteiger partial charge in [-0.05, 0) is 49.3 Å². The average Bonchev–Trinajstić information content (AvgIpc) is 2.47. The van der Waals surface area contributed by atoms with Crippen LogP contribution in [0.3, 0.4) is 0 Å². The van der Waals surface area contributed by atoms with E-state index in [0.29, 0.717) is 16.7 Å². The summed E-state index contributed by atoms with van der Waals surface area (Å²) < 4.78 is 28.1. The van der Waals surface area contributed by atoms with E-state index >= 15 is 0 Å². The summed E-state index contributed by atoms with van der Waals surface area (Å²) in [6, 6.07) is 5.20. The third-order valence-electron chi connectivity index (χ3n) is 4.16. The highest BCUT2D eigenvalue weighted by atomic mass is 32.2. The Hall–Kier alpha value is -0.560. The van der Waals surface area contributed by atoms with Crippen LogP contribution < -0.4 is 10.5 Å². The maximum atomic E-state index is 12.6. The Morgan fingerprint density at radius 2 is 2.05 bits per heavy atom. The Morgan fingerprint density at radius 1 is 1.33 bits per heavy atom. The van der Waals surface area contributed by atoms with Crippen LogP contribution in [0.4, 0.5) is 0 Å². The van der Waals surface area contributed by atoms with Crippen LogP contribution in [0.2, 0.25) is 0 Å². The van der Waals surface area contributed by atoms with E-state index in [4.69, 9.17) is 5.73 Å². The molecule has 0 radical (unpaired) electrons. The summed E-state index contributed by atoms with van der Waals surface area (Å²) in [6.45, 7) is 2.29. The predicted octanol–water partition coefficient (Wildman–Crippen LogP) is 2.41. The standard InChI is InChI=1S/C15H24N2O2S2/c1-11-7-8-13(9-12(11)10-16)21(18,19)17-14-5-3-4-6-15(14)20-2/h7-9,14-15,17H,3-6,10,16H2,1-2H3. The van der Waals surface area contributed by atoms with Crippen molar-refractivity contribution in [2.75, 3.05) is 6.26 Å². The molecule has 0 bridgehead atoms. The smallest absolute Gasteiger partial charge is 0.240 e.